The summed E-state index contributed by atoms with van der Waals surface area (Å²) in [4.78, 5) is 15.7. The number of hydrogen-bond acceptors (Lipinski definition) is 4. The summed E-state index contributed by atoms with van der Waals surface area (Å²) in [5, 5.41) is 2.05. The van der Waals surface area contributed by atoms with Crippen molar-refractivity contribution < 1.29 is 14.3 Å². The molecule has 1 aromatic carbocycles. The number of thiophene rings is 1. The van der Waals surface area contributed by atoms with E-state index < -0.39 is 0 Å². The van der Waals surface area contributed by atoms with Crippen molar-refractivity contribution in [2.75, 3.05) is 26.8 Å². The minimum absolute atomic E-state index is 0.0524. The standard InChI is InChI=1S/C19H23NO3S/c1-22-16-5-2-4-15(12-16)13-17-14-20(9-10-23-17)19(21)8-7-18-6-3-11-24-18/h2-6,11-12,17H,7-10,13-14H2,1H3/t17-/m0/s1. The van der Waals surface area contributed by atoms with Crippen molar-refractivity contribution in [3.8, 4) is 5.75 Å². The van der Waals surface area contributed by atoms with Gasteiger partial charge in [0.1, 0.15) is 5.75 Å². The molecule has 4 nitrogen and oxygen atoms in total. The van der Waals surface area contributed by atoms with Gasteiger partial charge >= 0.3 is 0 Å². The van der Waals surface area contributed by atoms with Crippen LogP contribution in [0.5, 0.6) is 5.75 Å². The number of rotatable bonds is 6. The van der Waals surface area contributed by atoms with Crippen LogP contribution in [0.2, 0.25) is 0 Å². The highest BCUT2D eigenvalue weighted by Gasteiger charge is 2.24. The average Bonchev–Trinajstić information content (AvgIpc) is 3.13. The highest BCUT2D eigenvalue weighted by Crippen LogP contribution is 2.18. The van der Waals surface area contributed by atoms with E-state index in [2.05, 4.69) is 17.5 Å². The second kappa shape index (κ2) is 8.31. The summed E-state index contributed by atoms with van der Waals surface area (Å²) in [7, 11) is 1.67. The number of amides is 1. The maximum absolute atomic E-state index is 12.4. The molecule has 0 bridgehead atoms. The lowest BCUT2D eigenvalue weighted by molar-refractivity contribution is -0.138. The van der Waals surface area contributed by atoms with Gasteiger partial charge in [-0.25, -0.2) is 0 Å². The summed E-state index contributed by atoms with van der Waals surface area (Å²) in [6, 6.07) is 12.1. The van der Waals surface area contributed by atoms with E-state index >= 15 is 0 Å². The molecule has 2 aromatic rings. The van der Waals surface area contributed by atoms with Crippen LogP contribution >= 0.6 is 11.3 Å². The van der Waals surface area contributed by atoms with Crippen molar-refractivity contribution in [2.45, 2.75) is 25.4 Å². The molecule has 1 amide bonds. The Morgan fingerprint density at radius 1 is 1.38 bits per heavy atom. The Labute approximate surface area is 147 Å². The normalized spacial score (nSPS) is 17.7. The third-order valence-electron chi connectivity index (χ3n) is 4.25. The first-order valence-electron chi connectivity index (χ1n) is 8.29. The van der Waals surface area contributed by atoms with Crippen molar-refractivity contribution in [3.63, 3.8) is 0 Å². The molecule has 128 valence electrons. The largest absolute Gasteiger partial charge is 0.497 e. The monoisotopic (exact) mass is 345 g/mol. The quantitative estimate of drug-likeness (QED) is 0.807. The van der Waals surface area contributed by atoms with Gasteiger partial charge in [0.2, 0.25) is 5.91 Å². The van der Waals surface area contributed by atoms with E-state index in [1.54, 1.807) is 18.4 Å². The van der Waals surface area contributed by atoms with Crippen LogP contribution in [0.15, 0.2) is 41.8 Å². The molecular weight excluding hydrogens is 322 g/mol. The van der Waals surface area contributed by atoms with E-state index in [0.717, 1.165) is 18.6 Å². The molecular formula is C19H23NO3S. The van der Waals surface area contributed by atoms with Crippen molar-refractivity contribution in [3.05, 3.63) is 52.2 Å². The van der Waals surface area contributed by atoms with E-state index in [0.29, 0.717) is 26.1 Å². The number of ether oxygens (including phenoxy) is 2. The minimum Gasteiger partial charge on any atom is -0.497 e. The number of hydrogen-bond donors (Lipinski definition) is 0. The fourth-order valence-electron chi connectivity index (χ4n) is 2.97. The second-order valence-electron chi connectivity index (χ2n) is 5.97. The first-order chi connectivity index (χ1) is 11.7. The molecule has 2 heterocycles. The van der Waals surface area contributed by atoms with E-state index in [4.69, 9.17) is 9.47 Å². The average molecular weight is 345 g/mol. The third kappa shape index (κ3) is 4.58. The molecule has 1 saturated heterocycles. The van der Waals surface area contributed by atoms with E-state index in [1.807, 2.05) is 29.2 Å². The summed E-state index contributed by atoms with van der Waals surface area (Å²) in [6.07, 6.45) is 2.25. The highest BCUT2D eigenvalue weighted by molar-refractivity contribution is 7.09. The molecule has 0 aliphatic carbocycles. The molecule has 0 unspecified atom stereocenters. The number of aryl methyl sites for hydroxylation is 1. The molecule has 3 rings (SSSR count). The van der Waals surface area contributed by atoms with Crippen LogP contribution in [0, 0.1) is 0 Å². The maximum atomic E-state index is 12.4. The van der Waals surface area contributed by atoms with Gasteiger partial charge in [-0.2, -0.15) is 0 Å². The lowest BCUT2D eigenvalue weighted by Crippen LogP contribution is -2.46. The van der Waals surface area contributed by atoms with Gasteiger partial charge in [-0.3, -0.25) is 4.79 Å². The Balaban J connectivity index is 1.52. The number of nitrogens with zero attached hydrogens (tertiary/aromatic N) is 1. The van der Waals surface area contributed by atoms with Gasteiger partial charge in [0.15, 0.2) is 0 Å². The van der Waals surface area contributed by atoms with Gasteiger partial charge in [-0.05, 0) is 35.6 Å². The van der Waals surface area contributed by atoms with Crippen LogP contribution in [-0.2, 0) is 22.4 Å². The number of benzene rings is 1. The minimum atomic E-state index is 0.0524. The van der Waals surface area contributed by atoms with Crippen molar-refractivity contribution in [1.82, 2.24) is 4.90 Å². The Bertz CT molecular complexity index is 656. The number of morpholine rings is 1. The fourth-order valence-corrected chi connectivity index (χ4v) is 3.68. The van der Waals surface area contributed by atoms with Crippen molar-refractivity contribution >= 4 is 17.2 Å². The van der Waals surface area contributed by atoms with Gasteiger partial charge in [0.05, 0.1) is 19.8 Å². The molecule has 1 fully saturated rings. The zero-order valence-corrected chi connectivity index (χ0v) is 14.8. The molecule has 5 heteroatoms. The summed E-state index contributed by atoms with van der Waals surface area (Å²) < 4.78 is 11.1. The van der Waals surface area contributed by atoms with E-state index in [1.165, 1.54) is 10.4 Å². The number of methoxy groups -OCH3 is 1. The van der Waals surface area contributed by atoms with E-state index in [-0.39, 0.29) is 12.0 Å². The van der Waals surface area contributed by atoms with Gasteiger partial charge in [0.25, 0.3) is 0 Å². The Kier molecular flexibility index (Phi) is 5.88. The Morgan fingerprint density at radius 3 is 3.08 bits per heavy atom. The first kappa shape index (κ1) is 17.0. The van der Waals surface area contributed by atoms with Crippen LogP contribution in [-0.4, -0.2) is 43.7 Å². The molecule has 24 heavy (non-hydrogen) atoms. The summed E-state index contributed by atoms with van der Waals surface area (Å²) in [5.74, 6) is 1.08. The number of carbonyl (C=O) groups is 1. The zero-order chi connectivity index (χ0) is 16.8. The summed E-state index contributed by atoms with van der Waals surface area (Å²) in [5.41, 5.74) is 1.17. The Morgan fingerprint density at radius 2 is 2.29 bits per heavy atom. The molecule has 1 aromatic heterocycles. The van der Waals surface area contributed by atoms with Gasteiger partial charge in [-0.1, -0.05) is 18.2 Å². The molecule has 0 saturated carbocycles. The second-order valence-corrected chi connectivity index (χ2v) is 7.00. The molecule has 1 atom stereocenters. The maximum Gasteiger partial charge on any atom is 0.223 e. The van der Waals surface area contributed by atoms with Crippen molar-refractivity contribution in [2.24, 2.45) is 0 Å². The molecule has 1 aliphatic rings. The van der Waals surface area contributed by atoms with Crippen molar-refractivity contribution in [1.29, 1.82) is 0 Å². The molecule has 0 radical (unpaired) electrons. The topological polar surface area (TPSA) is 38.8 Å². The van der Waals surface area contributed by atoms with Crippen LogP contribution in [0.1, 0.15) is 16.9 Å². The third-order valence-corrected chi connectivity index (χ3v) is 5.19. The zero-order valence-electron chi connectivity index (χ0n) is 13.9. The summed E-state index contributed by atoms with van der Waals surface area (Å²) >= 11 is 1.71. The fraction of sp³-hybridized carbons (Fsp3) is 0.421. The Hall–Kier alpha value is -1.85. The van der Waals surface area contributed by atoms with Crippen LogP contribution < -0.4 is 4.74 Å². The smallest absolute Gasteiger partial charge is 0.223 e. The van der Waals surface area contributed by atoms with Crippen LogP contribution in [0.25, 0.3) is 0 Å². The predicted octanol–water partition coefficient (Wildman–Crippen LogP) is 3.16. The van der Waals surface area contributed by atoms with E-state index in [9.17, 15) is 4.79 Å². The molecule has 0 spiro atoms. The lowest BCUT2D eigenvalue weighted by atomic mass is 10.1. The highest BCUT2D eigenvalue weighted by atomic mass is 32.1. The SMILES string of the molecule is COc1cccc(C[C@H]2CN(C(=O)CCc3cccs3)CCO2)c1. The van der Waals surface area contributed by atoms with Crippen LogP contribution in [0.4, 0.5) is 0 Å². The van der Waals surface area contributed by atoms with Gasteiger partial charge < -0.3 is 14.4 Å². The number of carbonyl (C=O) groups excluding carboxylic acids is 1. The van der Waals surface area contributed by atoms with Gasteiger partial charge in [0, 0.05) is 30.8 Å². The first-order valence-corrected chi connectivity index (χ1v) is 9.17. The summed E-state index contributed by atoms with van der Waals surface area (Å²) in [6.45, 7) is 1.97. The lowest BCUT2D eigenvalue weighted by Gasteiger charge is -2.33. The predicted molar refractivity (Wildman–Crippen MR) is 95.7 cm³/mol. The molecule has 1 aliphatic heterocycles. The van der Waals surface area contributed by atoms with Gasteiger partial charge in [-0.15, -0.1) is 11.3 Å². The molecule has 0 N–H and O–H groups in total. The van der Waals surface area contributed by atoms with Crippen LogP contribution in [0.3, 0.4) is 0 Å².